The van der Waals surface area contributed by atoms with Crippen LogP contribution in [-0.4, -0.2) is 18.8 Å². The van der Waals surface area contributed by atoms with Gasteiger partial charge in [-0.3, -0.25) is 0 Å². The van der Waals surface area contributed by atoms with Crippen LogP contribution in [0.5, 0.6) is 0 Å². The van der Waals surface area contributed by atoms with Crippen molar-refractivity contribution in [3.63, 3.8) is 0 Å². The number of para-hydroxylation sites is 1. The lowest BCUT2D eigenvalue weighted by Gasteiger charge is -2.08. The van der Waals surface area contributed by atoms with E-state index in [1.165, 1.54) is 23.1 Å². The number of esters is 1. The van der Waals surface area contributed by atoms with Crippen LogP contribution >= 0.6 is 23.1 Å². The molecule has 0 atom stereocenters. The lowest BCUT2D eigenvalue weighted by molar-refractivity contribution is 0.0533. The number of benzene rings is 2. The molecule has 0 spiro atoms. The van der Waals surface area contributed by atoms with Crippen molar-refractivity contribution in [3.05, 3.63) is 59.0 Å². The Labute approximate surface area is 166 Å². The Balaban J connectivity index is 2.11. The maximum atomic E-state index is 12.4. The van der Waals surface area contributed by atoms with Crippen LogP contribution in [0.4, 0.5) is 5.69 Å². The van der Waals surface area contributed by atoms with E-state index in [1.807, 2.05) is 54.8 Å². The Bertz CT molecular complexity index is 1020. The highest BCUT2D eigenvalue weighted by Crippen LogP contribution is 2.41. The molecule has 0 bridgehead atoms. The number of nitrogens with two attached hydrogens (primary N) is 1. The average molecular weight is 395 g/mol. The summed E-state index contributed by atoms with van der Waals surface area (Å²) >= 11 is 2.76. The van der Waals surface area contributed by atoms with Gasteiger partial charge in [0.1, 0.15) is 10.9 Å². The zero-order chi connectivity index (χ0) is 19.4. The second-order valence-electron chi connectivity index (χ2n) is 5.67. The molecular formula is C21H18N2O2S2. The molecule has 3 aromatic rings. The summed E-state index contributed by atoms with van der Waals surface area (Å²) in [6.45, 7) is 2.06. The van der Waals surface area contributed by atoms with Crippen molar-refractivity contribution in [2.45, 2.75) is 11.1 Å². The number of nitrogen functional groups attached to an aromatic ring is 1. The number of hydrogen-bond acceptors (Lipinski definition) is 6. The number of thiophene rings is 1. The first-order chi connectivity index (χ1) is 13.1. The van der Waals surface area contributed by atoms with E-state index in [4.69, 9.17) is 10.5 Å². The summed E-state index contributed by atoms with van der Waals surface area (Å²) in [6.07, 6.45) is 1.90. The first-order valence-corrected chi connectivity index (χ1v) is 10.4. The molecule has 136 valence electrons. The fourth-order valence-electron chi connectivity index (χ4n) is 2.85. The van der Waals surface area contributed by atoms with E-state index in [0.717, 1.165) is 20.9 Å². The Kier molecular flexibility index (Phi) is 5.84. The molecule has 1 aromatic heterocycles. The Morgan fingerprint density at radius 1 is 1.19 bits per heavy atom. The number of hydrogen-bond donors (Lipinski definition) is 1. The van der Waals surface area contributed by atoms with Gasteiger partial charge in [-0.05, 0) is 30.4 Å². The first-order valence-electron chi connectivity index (χ1n) is 8.34. The molecule has 0 unspecified atom stereocenters. The minimum absolute atomic E-state index is 0.291. The number of carbonyl (C=O) groups is 1. The molecule has 4 nitrogen and oxygen atoms in total. The molecule has 27 heavy (non-hydrogen) atoms. The minimum Gasteiger partial charge on any atom is -0.462 e. The summed E-state index contributed by atoms with van der Waals surface area (Å²) in [4.78, 5) is 12.9. The number of anilines is 1. The van der Waals surface area contributed by atoms with Crippen LogP contribution in [0.3, 0.4) is 0 Å². The number of thioether (sulfide) groups is 1. The number of carbonyl (C=O) groups excluding carboxylic acids is 1. The largest absolute Gasteiger partial charge is 0.462 e. The van der Waals surface area contributed by atoms with E-state index < -0.39 is 5.97 Å². The van der Waals surface area contributed by atoms with Crippen molar-refractivity contribution < 1.29 is 9.53 Å². The van der Waals surface area contributed by atoms with E-state index >= 15 is 0 Å². The van der Waals surface area contributed by atoms with Crippen LogP contribution in [0.2, 0.25) is 0 Å². The number of nitriles is 1. The second-order valence-corrected chi connectivity index (χ2v) is 7.77. The molecule has 1 heterocycles. The summed E-state index contributed by atoms with van der Waals surface area (Å²) < 4.78 is 6.00. The highest BCUT2D eigenvalue weighted by molar-refractivity contribution is 8.00. The fraction of sp³-hybridized carbons (Fsp3) is 0.143. The zero-order valence-electron chi connectivity index (χ0n) is 15.0. The summed E-state index contributed by atoms with van der Waals surface area (Å²) in [5.41, 5.74) is 10.7. The predicted molar refractivity (Wildman–Crippen MR) is 112 cm³/mol. The third kappa shape index (κ3) is 3.70. The molecule has 0 aliphatic carbocycles. The van der Waals surface area contributed by atoms with Gasteiger partial charge in [0.05, 0.1) is 16.4 Å². The van der Waals surface area contributed by atoms with Gasteiger partial charge in [0.25, 0.3) is 0 Å². The van der Waals surface area contributed by atoms with Crippen LogP contribution in [-0.2, 0) is 4.74 Å². The monoisotopic (exact) mass is 394 g/mol. The third-order valence-electron chi connectivity index (χ3n) is 4.08. The normalized spacial score (nSPS) is 10.4. The standard InChI is InChI=1S/C21H18N2O2S2/c1-3-25-20(24)19-18(16(12-22)21(26-2)27-19)14-10-8-13(9-11-14)15-6-4-5-7-17(15)23/h4-11H,3,23H2,1-2H3. The summed E-state index contributed by atoms with van der Waals surface area (Å²) in [6, 6.07) is 17.6. The Morgan fingerprint density at radius 3 is 2.44 bits per heavy atom. The van der Waals surface area contributed by atoms with Crippen molar-refractivity contribution in [2.24, 2.45) is 0 Å². The molecular weight excluding hydrogens is 376 g/mol. The summed E-state index contributed by atoms with van der Waals surface area (Å²) in [7, 11) is 0. The predicted octanol–water partition coefficient (Wildman–Crippen LogP) is 5.43. The highest BCUT2D eigenvalue weighted by Gasteiger charge is 2.24. The number of rotatable bonds is 5. The molecule has 0 saturated heterocycles. The van der Waals surface area contributed by atoms with Gasteiger partial charge in [-0.1, -0.05) is 42.5 Å². The quantitative estimate of drug-likeness (QED) is 0.354. The van der Waals surface area contributed by atoms with Crippen LogP contribution in [0.15, 0.2) is 52.7 Å². The van der Waals surface area contributed by atoms with Gasteiger partial charge >= 0.3 is 5.97 Å². The lowest BCUT2D eigenvalue weighted by atomic mass is 9.97. The van der Waals surface area contributed by atoms with Gasteiger partial charge in [0.15, 0.2) is 0 Å². The van der Waals surface area contributed by atoms with Gasteiger partial charge in [-0.25, -0.2) is 4.79 Å². The molecule has 0 radical (unpaired) electrons. The second kappa shape index (κ2) is 8.30. The molecule has 2 aromatic carbocycles. The molecule has 2 N–H and O–H groups in total. The smallest absolute Gasteiger partial charge is 0.349 e. The fourth-order valence-corrected chi connectivity index (χ4v) is 4.68. The van der Waals surface area contributed by atoms with Gasteiger partial charge < -0.3 is 10.5 Å². The van der Waals surface area contributed by atoms with Crippen molar-refractivity contribution in [1.82, 2.24) is 0 Å². The van der Waals surface area contributed by atoms with Crippen LogP contribution in [0, 0.1) is 11.3 Å². The molecule has 0 amide bonds. The van der Waals surface area contributed by atoms with Crippen molar-refractivity contribution >= 4 is 34.8 Å². The third-order valence-corrected chi connectivity index (χ3v) is 6.37. The van der Waals surface area contributed by atoms with E-state index in [-0.39, 0.29) is 0 Å². The zero-order valence-corrected chi connectivity index (χ0v) is 16.6. The van der Waals surface area contributed by atoms with Gasteiger partial charge in [0, 0.05) is 16.8 Å². The van der Waals surface area contributed by atoms with Crippen LogP contribution in [0.1, 0.15) is 22.2 Å². The van der Waals surface area contributed by atoms with Crippen LogP contribution < -0.4 is 5.73 Å². The topological polar surface area (TPSA) is 76.1 Å². The highest BCUT2D eigenvalue weighted by atomic mass is 32.2. The lowest BCUT2D eigenvalue weighted by Crippen LogP contribution is -2.04. The molecule has 6 heteroatoms. The minimum atomic E-state index is -0.398. The SMILES string of the molecule is CCOC(=O)c1sc(SC)c(C#N)c1-c1ccc(-c2ccccc2N)cc1. The number of ether oxygens (including phenoxy) is 1. The van der Waals surface area contributed by atoms with Crippen molar-refractivity contribution in [2.75, 3.05) is 18.6 Å². The van der Waals surface area contributed by atoms with Crippen LogP contribution in [0.25, 0.3) is 22.3 Å². The Morgan fingerprint density at radius 2 is 1.85 bits per heavy atom. The maximum absolute atomic E-state index is 12.4. The Hall–Kier alpha value is -2.75. The average Bonchev–Trinajstić information content (AvgIpc) is 3.07. The van der Waals surface area contributed by atoms with Gasteiger partial charge in [-0.2, -0.15) is 5.26 Å². The molecule has 0 aliphatic heterocycles. The maximum Gasteiger partial charge on any atom is 0.349 e. The number of nitrogens with zero attached hydrogens (tertiary/aromatic N) is 1. The summed E-state index contributed by atoms with van der Waals surface area (Å²) in [5.74, 6) is -0.398. The molecule has 0 fully saturated rings. The van der Waals surface area contributed by atoms with Gasteiger partial charge in [-0.15, -0.1) is 23.1 Å². The van der Waals surface area contributed by atoms with Crippen molar-refractivity contribution in [1.29, 1.82) is 5.26 Å². The van der Waals surface area contributed by atoms with E-state index in [2.05, 4.69) is 6.07 Å². The van der Waals surface area contributed by atoms with E-state index in [1.54, 1.807) is 6.92 Å². The van der Waals surface area contributed by atoms with E-state index in [9.17, 15) is 10.1 Å². The molecule has 3 rings (SSSR count). The van der Waals surface area contributed by atoms with Crippen molar-refractivity contribution in [3.8, 4) is 28.3 Å². The molecule has 0 saturated carbocycles. The van der Waals surface area contributed by atoms with Gasteiger partial charge in [0.2, 0.25) is 0 Å². The summed E-state index contributed by atoms with van der Waals surface area (Å²) in [5, 5.41) is 9.66. The first kappa shape index (κ1) is 19.0. The molecule has 0 aliphatic rings. The van der Waals surface area contributed by atoms with E-state index in [0.29, 0.717) is 28.3 Å².